The van der Waals surface area contributed by atoms with Gasteiger partial charge in [0, 0.05) is 31.5 Å². The molecule has 0 aromatic carbocycles. The molecule has 0 radical (unpaired) electrons. The molecule has 0 saturated heterocycles. The molecule has 17 heavy (non-hydrogen) atoms. The molecule has 1 rings (SSSR count). The van der Waals surface area contributed by atoms with E-state index in [2.05, 4.69) is 24.5 Å². The van der Waals surface area contributed by atoms with E-state index in [1.54, 1.807) is 0 Å². The van der Waals surface area contributed by atoms with Crippen LogP contribution in [0.1, 0.15) is 32.8 Å². The molecule has 1 amide bonds. The van der Waals surface area contributed by atoms with Crippen molar-refractivity contribution in [1.82, 2.24) is 15.2 Å². The second-order valence-electron chi connectivity index (χ2n) is 4.58. The zero-order valence-corrected chi connectivity index (χ0v) is 11.0. The highest BCUT2D eigenvalue weighted by Crippen LogP contribution is 2.01. The van der Waals surface area contributed by atoms with Crippen LogP contribution in [0.15, 0.2) is 18.5 Å². The fourth-order valence-corrected chi connectivity index (χ4v) is 1.50. The van der Waals surface area contributed by atoms with E-state index < -0.39 is 0 Å². The summed E-state index contributed by atoms with van der Waals surface area (Å²) in [7, 11) is 0. The number of rotatable bonds is 7. The molecule has 0 aliphatic carbocycles. The van der Waals surface area contributed by atoms with Crippen molar-refractivity contribution in [3.05, 3.63) is 24.0 Å². The summed E-state index contributed by atoms with van der Waals surface area (Å²) in [5.74, 6) is 0.0748. The molecule has 0 unspecified atom stereocenters. The summed E-state index contributed by atoms with van der Waals surface area (Å²) in [5, 5.41) is 6.21. The average molecular weight is 237 g/mol. The highest BCUT2D eigenvalue weighted by Gasteiger charge is 2.03. The highest BCUT2D eigenvalue weighted by molar-refractivity contribution is 5.75. The Morgan fingerprint density at radius 3 is 2.88 bits per heavy atom. The van der Waals surface area contributed by atoms with Crippen LogP contribution in [-0.2, 0) is 17.9 Å². The monoisotopic (exact) mass is 237 g/mol. The maximum absolute atomic E-state index is 11.5. The van der Waals surface area contributed by atoms with Crippen molar-refractivity contribution in [2.45, 2.75) is 46.3 Å². The molecule has 1 aromatic heterocycles. The lowest BCUT2D eigenvalue weighted by Crippen LogP contribution is -2.27. The van der Waals surface area contributed by atoms with Gasteiger partial charge in [0.15, 0.2) is 0 Å². The smallest absolute Gasteiger partial charge is 0.239 e. The molecule has 4 nitrogen and oxygen atoms in total. The first kappa shape index (κ1) is 13.8. The van der Waals surface area contributed by atoms with E-state index in [1.165, 1.54) is 5.56 Å². The first-order valence-corrected chi connectivity index (χ1v) is 6.26. The standard InChI is InChI=1S/C13H23N3O/c1-4-6-14-13(17)10-16-7-5-12(9-16)8-15-11(2)3/h5,7,9,11,15H,4,6,8,10H2,1-3H3,(H,14,17). The minimum Gasteiger partial charge on any atom is -0.355 e. The van der Waals surface area contributed by atoms with Crippen molar-refractivity contribution in [2.24, 2.45) is 0 Å². The largest absolute Gasteiger partial charge is 0.355 e. The van der Waals surface area contributed by atoms with Gasteiger partial charge in [-0.2, -0.15) is 0 Å². The van der Waals surface area contributed by atoms with Crippen LogP contribution in [0.2, 0.25) is 0 Å². The van der Waals surface area contributed by atoms with Gasteiger partial charge in [-0.05, 0) is 18.1 Å². The van der Waals surface area contributed by atoms with Crippen LogP contribution in [0.4, 0.5) is 0 Å². The third-order valence-corrected chi connectivity index (χ3v) is 2.42. The molecule has 1 heterocycles. The number of amides is 1. The molecule has 2 N–H and O–H groups in total. The minimum atomic E-state index is 0.0748. The van der Waals surface area contributed by atoms with E-state index in [0.717, 1.165) is 19.5 Å². The van der Waals surface area contributed by atoms with Crippen molar-refractivity contribution in [3.63, 3.8) is 0 Å². The predicted octanol–water partition coefficient (Wildman–Crippen LogP) is 1.51. The van der Waals surface area contributed by atoms with Gasteiger partial charge < -0.3 is 15.2 Å². The Bertz CT molecular complexity index is 344. The quantitative estimate of drug-likeness (QED) is 0.755. The van der Waals surface area contributed by atoms with Crippen molar-refractivity contribution in [1.29, 1.82) is 0 Å². The van der Waals surface area contributed by atoms with Crippen LogP contribution in [-0.4, -0.2) is 23.1 Å². The number of nitrogens with zero attached hydrogens (tertiary/aromatic N) is 1. The summed E-state index contributed by atoms with van der Waals surface area (Å²) >= 11 is 0. The minimum absolute atomic E-state index is 0.0748. The highest BCUT2D eigenvalue weighted by atomic mass is 16.1. The van der Waals surface area contributed by atoms with E-state index in [4.69, 9.17) is 0 Å². The van der Waals surface area contributed by atoms with Crippen LogP contribution in [0.25, 0.3) is 0 Å². The number of hydrogen-bond acceptors (Lipinski definition) is 2. The van der Waals surface area contributed by atoms with Gasteiger partial charge in [-0.25, -0.2) is 0 Å². The Labute approximate surface area is 103 Å². The van der Waals surface area contributed by atoms with Crippen molar-refractivity contribution < 1.29 is 4.79 Å². The Morgan fingerprint density at radius 2 is 2.24 bits per heavy atom. The van der Waals surface area contributed by atoms with Crippen LogP contribution >= 0.6 is 0 Å². The first-order valence-electron chi connectivity index (χ1n) is 6.26. The van der Waals surface area contributed by atoms with Crippen molar-refractivity contribution in [2.75, 3.05) is 6.54 Å². The van der Waals surface area contributed by atoms with Crippen LogP contribution in [0, 0.1) is 0 Å². The van der Waals surface area contributed by atoms with Crippen LogP contribution < -0.4 is 10.6 Å². The molecular formula is C13H23N3O. The number of carbonyl (C=O) groups excluding carboxylic acids is 1. The van der Waals surface area contributed by atoms with E-state index in [-0.39, 0.29) is 5.91 Å². The zero-order valence-electron chi connectivity index (χ0n) is 11.0. The van der Waals surface area contributed by atoms with Gasteiger partial charge in [-0.3, -0.25) is 4.79 Å². The lowest BCUT2D eigenvalue weighted by atomic mass is 10.3. The molecule has 0 saturated carbocycles. The Hall–Kier alpha value is -1.29. The van der Waals surface area contributed by atoms with E-state index >= 15 is 0 Å². The Kier molecular flexibility index (Phi) is 5.77. The van der Waals surface area contributed by atoms with Gasteiger partial charge in [-0.1, -0.05) is 20.8 Å². The summed E-state index contributed by atoms with van der Waals surface area (Å²) < 4.78 is 1.92. The first-order chi connectivity index (χ1) is 8.11. The van der Waals surface area contributed by atoms with Gasteiger partial charge in [-0.15, -0.1) is 0 Å². The summed E-state index contributed by atoms with van der Waals surface area (Å²) in [4.78, 5) is 11.5. The third-order valence-electron chi connectivity index (χ3n) is 2.42. The van der Waals surface area contributed by atoms with Crippen molar-refractivity contribution in [3.8, 4) is 0 Å². The molecule has 0 aliphatic heterocycles. The summed E-state index contributed by atoms with van der Waals surface area (Å²) in [6.45, 7) is 8.29. The maximum atomic E-state index is 11.5. The van der Waals surface area contributed by atoms with Crippen LogP contribution in [0.5, 0.6) is 0 Å². The topological polar surface area (TPSA) is 46.1 Å². The van der Waals surface area contributed by atoms with Gasteiger partial charge in [0.2, 0.25) is 5.91 Å². The van der Waals surface area contributed by atoms with E-state index in [1.807, 2.05) is 30.0 Å². The lowest BCUT2D eigenvalue weighted by Gasteiger charge is -2.06. The predicted molar refractivity (Wildman–Crippen MR) is 69.7 cm³/mol. The number of nitrogens with one attached hydrogen (secondary N) is 2. The number of carbonyl (C=O) groups is 1. The SMILES string of the molecule is CCCNC(=O)Cn1ccc(CNC(C)C)c1. The third kappa shape index (κ3) is 5.54. The Morgan fingerprint density at radius 1 is 1.47 bits per heavy atom. The van der Waals surface area contributed by atoms with Crippen molar-refractivity contribution >= 4 is 5.91 Å². The summed E-state index contributed by atoms with van der Waals surface area (Å²) in [6.07, 6.45) is 4.94. The molecule has 1 aromatic rings. The van der Waals surface area contributed by atoms with Gasteiger partial charge in [0.05, 0.1) is 0 Å². The summed E-state index contributed by atoms with van der Waals surface area (Å²) in [5.41, 5.74) is 1.21. The van der Waals surface area contributed by atoms with E-state index in [0.29, 0.717) is 12.6 Å². The second kappa shape index (κ2) is 7.12. The fraction of sp³-hybridized carbons (Fsp3) is 0.615. The van der Waals surface area contributed by atoms with Gasteiger partial charge in [0.1, 0.15) is 6.54 Å². The molecule has 0 spiro atoms. The van der Waals surface area contributed by atoms with E-state index in [9.17, 15) is 4.79 Å². The van der Waals surface area contributed by atoms with Crippen LogP contribution in [0.3, 0.4) is 0 Å². The molecule has 4 heteroatoms. The second-order valence-corrected chi connectivity index (χ2v) is 4.58. The normalized spacial score (nSPS) is 10.8. The maximum Gasteiger partial charge on any atom is 0.239 e. The molecule has 0 bridgehead atoms. The molecule has 0 atom stereocenters. The Balaban J connectivity index is 2.37. The fourth-order valence-electron chi connectivity index (χ4n) is 1.50. The summed E-state index contributed by atoms with van der Waals surface area (Å²) in [6, 6.07) is 2.52. The average Bonchev–Trinajstić information content (AvgIpc) is 2.71. The number of hydrogen-bond donors (Lipinski definition) is 2. The van der Waals surface area contributed by atoms with Gasteiger partial charge in [0.25, 0.3) is 0 Å². The van der Waals surface area contributed by atoms with Gasteiger partial charge >= 0.3 is 0 Å². The molecule has 0 fully saturated rings. The lowest BCUT2D eigenvalue weighted by molar-refractivity contribution is -0.121. The molecule has 96 valence electrons. The molecule has 0 aliphatic rings. The molecular weight excluding hydrogens is 214 g/mol. The zero-order chi connectivity index (χ0) is 12.7. The number of aromatic nitrogens is 1.